The standard InChI is InChI=1S/C13H25NO4/c1-6-9(7-2)10(11(15)16)8-14-12(17)18-13(3,4)5/h9-10H,6-8H2,1-5H3,(H,14,17)(H,15,16). The van der Waals surface area contributed by atoms with Gasteiger partial charge in [-0.25, -0.2) is 4.79 Å². The second-order valence-corrected chi connectivity index (χ2v) is 5.40. The Kier molecular flexibility index (Phi) is 6.73. The number of carboxylic acid groups (broad SMARTS) is 1. The van der Waals surface area contributed by atoms with Gasteiger partial charge < -0.3 is 15.2 Å². The number of hydrogen-bond donors (Lipinski definition) is 2. The first-order valence-corrected chi connectivity index (χ1v) is 6.40. The van der Waals surface area contributed by atoms with Crippen LogP contribution >= 0.6 is 0 Å². The molecule has 0 aliphatic carbocycles. The highest BCUT2D eigenvalue weighted by molar-refractivity contribution is 5.73. The van der Waals surface area contributed by atoms with Gasteiger partial charge in [0.1, 0.15) is 5.60 Å². The van der Waals surface area contributed by atoms with Crippen LogP contribution in [-0.2, 0) is 9.53 Å². The van der Waals surface area contributed by atoms with E-state index in [1.165, 1.54) is 0 Å². The summed E-state index contributed by atoms with van der Waals surface area (Å²) in [5, 5.41) is 11.7. The Balaban J connectivity index is 4.36. The second kappa shape index (κ2) is 7.24. The van der Waals surface area contributed by atoms with Crippen LogP contribution in [0.25, 0.3) is 0 Å². The molecule has 2 N–H and O–H groups in total. The lowest BCUT2D eigenvalue weighted by molar-refractivity contribution is -0.143. The SMILES string of the molecule is CCC(CC)C(CNC(=O)OC(C)(C)C)C(=O)O. The van der Waals surface area contributed by atoms with Gasteiger partial charge in [-0.15, -0.1) is 0 Å². The van der Waals surface area contributed by atoms with Crippen LogP contribution in [0.4, 0.5) is 4.79 Å². The predicted molar refractivity (Wildman–Crippen MR) is 69.4 cm³/mol. The van der Waals surface area contributed by atoms with Crippen molar-refractivity contribution in [3.05, 3.63) is 0 Å². The van der Waals surface area contributed by atoms with Gasteiger partial charge in [-0.2, -0.15) is 0 Å². The quantitative estimate of drug-likeness (QED) is 0.769. The Bertz CT molecular complexity index is 279. The van der Waals surface area contributed by atoms with E-state index in [2.05, 4.69) is 5.32 Å². The molecule has 0 saturated heterocycles. The summed E-state index contributed by atoms with van der Waals surface area (Å²) in [7, 11) is 0. The molecule has 106 valence electrons. The molecular weight excluding hydrogens is 234 g/mol. The van der Waals surface area contributed by atoms with Gasteiger partial charge in [-0.05, 0) is 26.7 Å². The average molecular weight is 259 g/mol. The minimum Gasteiger partial charge on any atom is -0.481 e. The van der Waals surface area contributed by atoms with Crippen LogP contribution < -0.4 is 5.32 Å². The van der Waals surface area contributed by atoms with Crippen molar-refractivity contribution in [1.29, 1.82) is 0 Å². The van der Waals surface area contributed by atoms with E-state index in [0.29, 0.717) is 0 Å². The van der Waals surface area contributed by atoms with E-state index in [1.807, 2.05) is 13.8 Å². The van der Waals surface area contributed by atoms with E-state index < -0.39 is 23.6 Å². The molecule has 0 saturated carbocycles. The van der Waals surface area contributed by atoms with Gasteiger partial charge in [0.25, 0.3) is 0 Å². The smallest absolute Gasteiger partial charge is 0.407 e. The van der Waals surface area contributed by atoms with Gasteiger partial charge >= 0.3 is 12.1 Å². The fourth-order valence-electron chi connectivity index (χ4n) is 1.82. The van der Waals surface area contributed by atoms with Gasteiger partial charge in [0.15, 0.2) is 0 Å². The normalized spacial score (nSPS) is 13.2. The summed E-state index contributed by atoms with van der Waals surface area (Å²) in [6.07, 6.45) is 0.993. The highest BCUT2D eigenvalue weighted by Gasteiger charge is 2.27. The molecule has 1 amide bonds. The van der Waals surface area contributed by atoms with Crippen LogP contribution in [0.5, 0.6) is 0 Å². The van der Waals surface area contributed by atoms with E-state index in [0.717, 1.165) is 12.8 Å². The van der Waals surface area contributed by atoms with Gasteiger partial charge in [-0.3, -0.25) is 4.79 Å². The summed E-state index contributed by atoms with van der Waals surface area (Å²) in [4.78, 5) is 22.6. The molecule has 1 unspecified atom stereocenters. The number of carbonyl (C=O) groups excluding carboxylic acids is 1. The number of rotatable bonds is 6. The van der Waals surface area contributed by atoms with Crippen molar-refractivity contribution in [1.82, 2.24) is 5.32 Å². The third kappa shape index (κ3) is 6.47. The van der Waals surface area contributed by atoms with Crippen molar-refractivity contribution in [2.24, 2.45) is 11.8 Å². The molecule has 0 bridgehead atoms. The van der Waals surface area contributed by atoms with Crippen LogP contribution in [0.2, 0.25) is 0 Å². The average Bonchev–Trinajstić information content (AvgIpc) is 2.21. The number of carboxylic acids is 1. The first-order chi connectivity index (χ1) is 8.21. The molecule has 0 fully saturated rings. The number of aliphatic carboxylic acids is 1. The maximum atomic E-state index is 11.5. The molecule has 0 radical (unpaired) electrons. The van der Waals surface area contributed by atoms with Crippen molar-refractivity contribution >= 4 is 12.1 Å². The van der Waals surface area contributed by atoms with Gasteiger partial charge in [0.05, 0.1) is 5.92 Å². The summed E-state index contributed by atoms with van der Waals surface area (Å²) in [6, 6.07) is 0. The predicted octanol–water partition coefficient (Wildman–Crippen LogP) is 2.65. The number of carbonyl (C=O) groups is 2. The topological polar surface area (TPSA) is 75.6 Å². The first kappa shape index (κ1) is 16.7. The van der Waals surface area contributed by atoms with Crippen LogP contribution in [0.3, 0.4) is 0 Å². The van der Waals surface area contributed by atoms with E-state index in [1.54, 1.807) is 20.8 Å². The summed E-state index contributed by atoms with van der Waals surface area (Å²) in [5.74, 6) is -1.37. The summed E-state index contributed by atoms with van der Waals surface area (Å²) in [5.41, 5.74) is -0.572. The molecule has 18 heavy (non-hydrogen) atoms. The Morgan fingerprint density at radius 1 is 1.22 bits per heavy atom. The summed E-state index contributed by atoms with van der Waals surface area (Å²) < 4.78 is 5.07. The fourth-order valence-corrected chi connectivity index (χ4v) is 1.82. The van der Waals surface area contributed by atoms with Crippen LogP contribution in [0.15, 0.2) is 0 Å². The maximum absolute atomic E-state index is 11.5. The molecule has 0 aliphatic heterocycles. The largest absolute Gasteiger partial charge is 0.481 e. The van der Waals surface area contributed by atoms with E-state index in [4.69, 9.17) is 9.84 Å². The zero-order valence-electron chi connectivity index (χ0n) is 11.9. The molecule has 5 heteroatoms. The van der Waals surface area contributed by atoms with Crippen LogP contribution in [-0.4, -0.2) is 29.3 Å². The Hall–Kier alpha value is -1.26. The van der Waals surface area contributed by atoms with Crippen LogP contribution in [0, 0.1) is 11.8 Å². The molecule has 0 spiro atoms. The van der Waals surface area contributed by atoms with Gasteiger partial charge in [-0.1, -0.05) is 26.7 Å². The van der Waals surface area contributed by atoms with Crippen molar-refractivity contribution in [3.8, 4) is 0 Å². The molecular formula is C13H25NO4. The highest BCUT2D eigenvalue weighted by atomic mass is 16.6. The van der Waals surface area contributed by atoms with Crippen LogP contribution in [0.1, 0.15) is 47.5 Å². The number of amides is 1. The van der Waals surface area contributed by atoms with Crippen molar-refractivity contribution < 1.29 is 19.4 Å². The van der Waals surface area contributed by atoms with Gasteiger partial charge in [0, 0.05) is 6.54 Å². The number of nitrogens with one attached hydrogen (secondary N) is 1. The zero-order chi connectivity index (χ0) is 14.3. The maximum Gasteiger partial charge on any atom is 0.407 e. The molecule has 0 aliphatic rings. The molecule has 0 heterocycles. The lowest BCUT2D eigenvalue weighted by Gasteiger charge is -2.23. The lowest BCUT2D eigenvalue weighted by Crippen LogP contribution is -2.39. The Morgan fingerprint density at radius 2 is 1.72 bits per heavy atom. The third-order valence-electron chi connectivity index (χ3n) is 2.80. The zero-order valence-corrected chi connectivity index (χ0v) is 11.9. The fraction of sp³-hybridized carbons (Fsp3) is 0.846. The third-order valence-corrected chi connectivity index (χ3v) is 2.80. The number of alkyl carbamates (subject to hydrolysis) is 1. The first-order valence-electron chi connectivity index (χ1n) is 6.40. The summed E-state index contributed by atoms with van der Waals surface area (Å²) in [6.45, 7) is 9.32. The molecule has 1 atom stereocenters. The molecule has 0 aromatic rings. The van der Waals surface area contributed by atoms with E-state index in [-0.39, 0.29) is 12.5 Å². The lowest BCUT2D eigenvalue weighted by atomic mass is 9.88. The number of hydrogen-bond acceptors (Lipinski definition) is 3. The van der Waals surface area contributed by atoms with Crippen molar-refractivity contribution in [2.45, 2.75) is 53.1 Å². The Morgan fingerprint density at radius 3 is 2.06 bits per heavy atom. The monoisotopic (exact) mass is 259 g/mol. The molecule has 0 aromatic carbocycles. The summed E-state index contributed by atoms with van der Waals surface area (Å²) >= 11 is 0. The minimum atomic E-state index is -0.875. The molecule has 0 aromatic heterocycles. The minimum absolute atomic E-state index is 0.0671. The second-order valence-electron chi connectivity index (χ2n) is 5.40. The Labute approximate surface area is 109 Å². The molecule has 5 nitrogen and oxygen atoms in total. The number of ether oxygens (including phenoxy) is 1. The highest BCUT2D eigenvalue weighted by Crippen LogP contribution is 2.19. The molecule has 0 rings (SSSR count). The van der Waals surface area contributed by atoms with Crippen molar-refractivity contribution in [2.75, 3.05) is 6.54 Å². The van der Waals surface area contributed by atoms with E-state index in [9.17, 15) is 9.59 Å². The van der Waals surface area contributed by atoms with Gasteiger partial charge in [0.2, 0.25) is 0 Å². The van der Waals surface area contributed by atoms with E-state index >= 15 is 0 Å². The van der Waals surface area contributed by atoms with Crippen molar-refractivity contribution in [3.63, 3.8) is 0 Å².